The van der Waals surface area contributed by atoms with E-state index < -0.39 is 6.10 Å². The van der Waals surface area contributed by atoms with Gasteiger partial charge in [-0.15, -0.1) is 11.3 Å². The van der Waals surface area contributed by atoms with Crippen molar-refractivity contribution in [3.63, 3.8) is 0 Å². The highest BCUT2D eigenvalue weighted by Gasteiger charge is 2.22. The maximum Gasteiger partial charge on any atom is 0.259 e. The smallest absolute Gasteiger partial charge is 0.259 e. The lowest BCUT2D eigenvalue weighted by Gasteiger charge is -2.25. The van der Waals surface area contributed by atoms with Crippen molar-refractivity contribution in [1.82, 2.24) is 14.9 Å². The minimum Gasteiger partial charge on any atom is -0.491 e. The van der Waals surface area contributed by atoms with Gasteiger partial charge in [0.15, 0.2) is 0 Å². The van der Waals surface area contributed by atoms with Crippen molar-refractivity contribution < 1.29 is 9.84 Å². The van der Waals surface area contributed by atoms with Crippen molar-refractivity contribution in [2.75, 3.05) is 19.7 Å². The van der Waals surface area contributed by atoms with Crippen LogP contribution in [0.3, 0.4) is 0 Å². The Bertz CT molecular complexity index is 1120. The lowest BCUT2D eigenvalue weighted by atomic mass is 10.1. The molecule has 0 spiro atoms. The van der Waals surface area contributed by atoms with Crippen LogP contribution >= 0.6 is 11.3 Å². The van der Waals surface area contributed by atoms with Crippen LogP contribution in [-0.4, -0.2) is 45.8 Å². The molecule has 0 radical (unpaired) electrons. The summed E-state index contributed by atoms with van der Waals surface area (Å²) in [5.41, 5.74) is 2.22. The second-order valence-electron chi connectivity index (χ2n) is 9.20. The molecule has 0 bridgehead atoms. The Hall–Kier alpha value is -2.22. The van der Waals surface area contributed by atoms with Crippen LogP contribution in [-0.2, 0) is 19.4 Å². The van der Waals surface area contributed by atoms with Gasteiger partial charge in [-0.1, -0.05) is 32.0 Å². The van der Waals surface area contributed by atoms with Crippen LogP contribution in [0.2, 0.25) is 0 Å². The van der Waals surface area contributed by atoms with Crippen molar-refractivity contribution >= 4 is 21.6 Å². The molecule has 2 N–H and O–H groups in total. The number of aliphatic hydroxyl groups excluding tert-OH is 1. The zero-order chi connectivity index (χ0) is 22.7. The number of ether oxygens (including phenoxy) is 1. The maximum atomic E-state index is 12.8. The Morgan fingerprint density at radius 1 is 1.28 bits per heavy atom. The molecule has 0 saturated heterocycles. The molecule has 7 heteroatoms. The van der Waals surface area contributed by atoms with Crippen molar-refractivity contribution in [2.45, 2.75) is 59.1 Å². The zero-order valence-electron chi connectivity index (χ0n) is 19.2. The minimum atomic E-state index is -0.636. The first-order valence-electron chi connectivity index (χ1n) is 11.5. The minimum absolute atomic E-state index is 0.0309. The van der Waals surface area contributed by atoms with Gasteiger partial charge in [0.25, 0.3) is 5.56 Å². The first kappa shape index (κ1) is 23.0. The first-order chi connectivity index (χ1) is 15.4. The van der Waals surface area contributed by atoms with Crippen molar-refractivity contribution in [3.8, 4) is 5.75 Å². The van der Waals surface area contributed by atoms with Crippen molar-refractivity contribution in [3.05, 3.63) is 56.4 Å². The largest absolute Gasteiger partial charge is 0.491 e. The van der Waals surface area contributed by atoms with Crippen LogP contribution in [0.25, 0.3) is 10.2 Å². The summed E-state index contributed by atoms with van der Waals surface area (Å²) in [5.74, 6) is 2.01. The number of thiophene rings is 1. The van der Waals surface area contributed by atoms with Crippen LogP contribution in [0.5, 0.6) is 5.75 Å². The molecule has 1 aliphatic rings. The number of aromatic amines is 1. The number of aryl methyl sites for hydroxylation is 3. The molecule has 4 rings (SSSR count). The standard InChI is InChI=1S/C25H33N3O3S/c1-16(2)11-12-28(13-18(29)15-31-20-9-5-4-7-17(20)3)14-22-26-24(30)23-19-8-6-10-21(19)32-25(23)27-22/h4-5,7,9,16,18,29H,6,8,10-15H2,1-3H3,(H,26,27,30)/t18-/m1/s1. The van der Waals surface area contributed by atoms with Crippen molar-refractivity contribution in [2.24, 2.45) is 5.92 Å². The Labute approximate surface area is 193 Å². The molecule has 32 heavy (non-hydrogen) atoms. The van der Waals surface area contributed by atoms with Crippen LogP contribution < -0.4 is 10.3 Å². The third kappa shape index (κ3) is 5.39. The van der Waals surface area contributed by atoms with Gasteiger partial charge in [-0.3, -0.25) is 9.69 Å². The molecule has 0 amide bonds. The molecule has 1 aromatic carbocycles. The highest BCUT2D eigenvalue weighted by molar-refractivity contribution is 7.18. The SMILES string of the molecule is Cc1ccccc1OC[C@H](O)CN(CCC(C)C)Cc1nc2sc3c(c2c(=O)[nH]1)CCC3. The van der Waals surface area contributed by atoms with Gasteiger partial charge in [-0.05, 0) is 62.3 Å². The molecule has 0 saturated carbocycles. The average Bonchev–Trinajstić information content (AvgIpc) is 3.32. The lowest BCUT2D eigenvalue weighted by molar-refractivity contribution is 0.0628. The van der Waals surface area contributed by atoms with Crippen LogP contribution in [0.15, 0.2) is 29.1 Å². The van der Waals surface area contributed by atoms with Gasteiger partial charge in [0.05, 0.1) is 11.9 Å². The fraction of sp³-hybridized carbons (Fsp3) is 0.520. The topological polar surface area (TPSA) is 78.5 Å². The Morgan fingerprint density at radius 2 is 2.09 bits per heavy atom. The molecule has 1 aliphatic carbocycles. The molecule has 2 heterocycles. The number of rotatable bonds is 10. The van der Waals surface area contributed by atoms with Gasteiger partial charge in [0.2, 0.25) is 0 Å². The van der Waals surface area contributed by atoms with E-state index in [0.717, 1.165) is 53.8 Å². The second kappa shape index (κ2) is 10.1. The summed E-state index contributed by atoms with van der Waals surface area (Å²) in [5, 5.41) is 11.4. The van der Waals surface area contributed by atoms with E-state index in [0.29, 0.717) is 24.8 Å². The summed E-state index contributed by atoms with van der Waals surface area (Å²) in [7, 11) is 0. The summed E-state index contributed by atoms with van der Waals surface area (Å²) >= 11 is 1.66. The Morgan fingerprint density at radius 3 is 2.88 bits per heavy atom. The fourth-order valence-electron chi connectivity index (χ4n) is 4.26. The van der Waals surface area contributed by atoms with Crippen LogP contribution in [0.1, 0.15) is 48.5 Å². The third-order valence-electron chi connectivity index (χ3n) is 6.01. The predicted molar refractivity (Wildman–Crippen MR) is 130 cm³/mol. The van der Waals surface area contributed by atoms with Crippen LogP contribution in [0.4, 0.5) is 0 Å². The molecular formula is C25H33N3O3S. The normalized spacial score (nSPS) is 14.4. The zero-order valence-corrected chi connectivity index (χ0v) is 20.0. The summed E-state index contributed by atoms with van der Waals surface area (Å²) in [4.78, 5) is 24.9. The molecule has 0 aliphatic heterocycles. The summed E-state index contributed by atoms with van der Waals surface area (Å²) in [6, 6.07) is 7.82. The number of aromatic nitrogens is 2. The Kier molecular flexibility index (Phi) is 7.28. The molecule has 2 aromatic heterocycles. The first-order valence-corrected chi connectivity index (χ1v) is 12.3. The number of aliphatic hydroxyl groups is 1. The number of para-hydroxylation sites is 1. The number of nitrogens with zero attached hydrogens (tertiary/aromatic N) is 2. The highest BCUT2D eigenvalue weighted by atomic mass is 32.1. The molecule has 172 valence electrons. The van der Waals surface area contributed by atoms with E-state index in [-0.39, 0.29) is 12.2 Å². The number of hydrogen-bond donors (Lipinski definition) is 2. The van der Waals surface area contributed by atoms with E-state index in [1.54, 1.807) is 11.3 Å². The van der Waals surface area contributed by atoms with Crippen molar-refractivity contribution in [1.29, 1.82) is 0 Å². The molecule has 0 unspecified atom stereocenters. The maximum absolute atomic E-state index is 12.8. The van der Waals surface area contributed by atoms with E-state index in [1.165, 1.54) is 10.4 Å². The number of hydrogen-bond acceptors (Lipinski definition) is 6. The number of fused-ring (bicyclic) bond motifs is 3. The molecule has 1 atom stereocenters. The number of nitrogens with one attached hydrogen (secondary N) is 1. The Balaban J connectivity index is 1.45. The molecular weight excluding hydrogens is 422 g/mol. The van der Waals surface area contributed by atoms with E-state index in [1.807, 2.05) is 31.2 Å². The van der Waals surface area contributed by atoms with Gasteiger partial charge in [0, 0.05) is 11.4 Å². The predicted octanol–water partition coefficient (Wildman–Crippen LogP) is 4.07. The molecule has 3 aromatic rings. The van der Waals surface area contributed by atoms with E-state index >= 15 is 0 Å². The quantitative estimate of drug-likeness (QED) is 0.482. The summed E-state index contributed by atoms with van der Waals surface area (Å²) < 4.78 is 5.84. The monoisotopic (exact) mass is 455 g/mol. The third-order valence-corrected chi connectivity index (χ3v) is 7.20. The molecule has 0 fully saturated rings. The van der Waals surface area contributed by atoms with Gasteiger partial charge in [0.1, 0.15) is 29.1 Å². The van der Waals surface area contributed by atoms with Gasteiger partial charge < -0.3 is 14.8 Å². The summed E-state index contributed by atoms with van der Waals surface area (Å²) in [6.45, 7) is 8.38. The van der Waals surface area contributed by atoms with Crippen LogP contribution in [0, 0.1) is 12.8 Å². The van der Waals surface area contributed by atoms with E-state index in [4.69, 9.17) is 9.72 Å². The number of H-pyrrole nitrogens is 1. The number of benzene rings is 1. The molecule has 6 nitrogen and oxygen atoms in total. The van der Waals surface area contributed by atoms with E-state index in [9.17, 15) is 9.90 Å². The van der Waals surface area contributed by atoms with Gasteiger partial charge in [-0.2, -0.15) is 0 Å². The summed E-state index contributed by atoms with van der Waals surface area (Å²) in [6.07, 6.45) is 3.53. The van der Waals surface area contributed by atoms with E-state index in [2.05, 4.69) is 23.7 Å². The van der Waals surface area contributed by atoms with Gasteiger partial charge >= 0.3 is 0 Å². The lowest BCUT2D eigenvalue weighted by Crippen LogP contribution is -2.37. The second-order valence-corrected chi connectivity index (χ2v) is 10.3. The average molecular weight is 456 g/mol. The van der Waals surface area contributed by atoms with Gasteiger partial charge in [-0.25, -0.2) is 4.98 Å². The fourth-order valence-corrected chi connectivity index (χ4v) is 5.55. The highest BCUT2D eigenvalue weighted by Crippen LogP contribution is 2.34.